The van der Waals surface area contributed by atoms with Gasteiger partial charge in [-0.15, -0.1) is 0 Å². The molecule has 0 radical (unpaired) electrons. The molecule has 0 saturated carbocycles. The highest BCUT2D eigenvalue weighted by Crippen LogP contribution is 2.16. The van der Waals surface area contributed by atoms with Crippen LogP contribution in [0.5, 0.6) is 0 Å². The van der Waals surface area contributed by atoms with Crippen molar-refractivity contribution in [3.8, 4) is 6.07 Å². The first-order chi connectivity index (χ1) is 10.2. The van der Waals surface area contributed by atoms with E-state index < -0.39 is 5.82 Å². The van der Waals surface area contributed by atoms with Gasteiger partial charge in [-0.1, -0.05) is 43.3 Å². The van der Waals surface area contributed by atoms with Gasteiger partial charge in [0.1, 0.15) is 11.9 Å². The third-order valence-electron chi connectivity index (χ3n) is 3.69. The summed E-state index contributed by atoms with van der Waals surface area (Å²) in [5.41, 5.74) is 3.09. The Morgan fingerprint density at radius 3 is 2.52 bits per heavy atom. The topological polar surface area (TPSA) is 35.8 Å². The zero-order chi connectivity index (χ0) is 15.2. The van der Waals surface area contributed by atoms with Gasteiger partial charge in [0.15, 0.2) is 0 Å². The van der Waals surface area contributed by atoms with Gasteiger partial charge in [-0.25, -0.2) is 4.39 Å². The smallest absolute Gasteiger partial charge is 0.145 e. The Morgan fingerprint density at radius 1 is 1.19 bits per heavy atom. The van der Waals surface area contributed by atoms with Gasteiger partial charge >= 0.3 is 0 Å². The highest BCUT2D eigenvalue weighted by atomic mass is 19.1. The molecule has 0 aliphatic heterocycles. The number of nitriles is 1. The molecule has 0 saturated heterocycles. The predicted octanol–water partition coefficient (Wildman–Crippen LogP) is 4.11. The molecule has 21 heavy (non-hydrogen) atoms. The lowest BCUT2D eigenvalue weighted by Gasteiger charge is -2.15. The van der Waals surface area contributed by atoms with Crippen molar-refractivity contribution in [3.05, 3.63) is 70.5 Å². The molecule has 2 aromatic rings. The zero-order valence-corrected chi connectivity index (χ0v) is 12.4. The summed E-state index contributed by atoms with van der Waals surface area (Å²) in [6.07, 6.45) is 1.02. The number of nitrogens with one attached hydrogen (secondary N) is 1. The van der Waals surface area contributed by atoms with E-state index in [0.717, 1.165) is 6.42 Å². The summed E-state index contributed by atoms with van der Waals surface area (Å²) in [7, 11) is 0. The highest BCUT2D eigenvalue weighted by Gasteiger charge is 2.09. The van der Waals surface area contributed by atoms with Crippen LogP contribution in [0.25, 0.3) is 0 Å². The van der Waals surface area contributed by atoms with Gasteiger partial charge < -0.3 is 5.32 Å². The Hall–Kier alpha value is -2.18. The fourth-order valence-corrected chi connectivity index (χ4v) is 2.23. The lowest BCUT2D eigenvalue weighted by atomic mass is 10.0. The van der Waals surface area contributed by atoms with Crippen molar-refractivity contribution in [1.29, 1.82) is 5.26 Å². The van der Waals surface area contributed by atoms with Crippen LogP contribution in [0.3, 0.4) is 0 Å². The van der Waals surface area contributed by atoms with Gasteiger partial charge in [0.05, 0.1) is 5.56 Å². The van der Waals surface area contributed by atoms with Crippen molar-refractivity contribution < 1.29 is 4.39 Å². The van der Waals surface area contributed by atoms with E-state index in [-0.39, 0.29) is 11.6 Å². The molecule has 0 bridgehead atoms. The lowest BCUT2D eigenvalue weighted by molar-refractivity contribution is 0.543. The lowest BCUT2D eigenvalue weighted by Crippen LogP contribution is -2.19. The van der Waals surface area contributed by atoms with E-state index in [4.69, 9.17) is 5.26 Å². The normalized spacial score (nSPS) is 11.9. The molecule has 0 spiro atoms. The molecule has 0 aliphatic carbocycles. The summed E-state index contributed by atoms with van der Waals surface area (Å²) < 4.78 is 14.0. The fraction of sp³-hybridized carbons (Fsp3) is 0.278. The van der Waals surface area contributed by atoms with E-state index in [1.807, 2.05) is 13.0 Å². The van der Waals surface area contributed by atoms with Crippen LogP contribution in [-0.2, 0) is 13.0 Å². The fourth-order valence-electron chi connectivity index (χ4n) is 2.23. The van der Waals surface area contributed by atoms with Crippen molar-refractivity contribution >= 4 is 0 Å². The van der Waals surface area contributed by atoms with E-state index in [2.05, 4.69) is 36.5 Å². The first-order valence-electron chi connectivity index (χ1n) is 7.15. The van der Waals surface area contributed by atoms with Crippen LogP contribution < -0.4 is 5.32 Å². The third kappa shape index (κ3) is 3.68. The van der Waals surface area contributed by atoms with Crippen molar-refractivity contribution in [2.24, 2.45) is 0 Å². The summed E-state index contributed by atoms with van der Waals surface area (Å²) in [6, 6.07) is 15.3. The zero-order valence-electron chi connectivity index (χ0n) is 12.4. The van der Waals surface area contributed by atoms with Crippen LogP contribution in [0.2, 0.25) is 0 Å². The third-order valence-corrected chi connectivity index (χ3v) is 3.69. The number of rotatable bonds is 5. The largest absolute Gasteiger partial charge is 0.306 e. The summed E-state index contributed by atoms with van der Waals surface area (Å²) in [4.78, 5) is 0. The number of hydrogen-bond acceptors (Lipinski definition) is 2. The van der Waals surface area contributed by atoms with Gasteiger partial charge in [0.2, 0.25) is 0 Å². The monoisotopic (exact) mass is 282 g/mol. The minimum atomic E-state index is -0.430. The molecule has 0 heterocycles. The van der Waals surface area contributed by atoms with Gasteiger partial charge in [0.25, 0.3) is 0 Å². The van der Waals surface area contributed by atoms with E-state index in [0.29, 0.717) is 12.1 Å². The number of halogens is 1. The van der Waals surface area contributed by atoms with E-state index in [1.165, 1.54) is 17.2 Å². The summed E-state index contributed by atoms with van der Waals surface area (Å²) in [6.45, 7) is 4.58. The van der Waals surface area contributed by atoms with Crippen molar-refractivity contribution in [2.45, 2.75) is 32.9 Å². The van der Waals surface area contributed by atoms with Gasteiger partial charge in [-0.2, -0.15) is 5.26 Å². The molecule has 2 nitrogen and oxygen atoms in total. The van der Waals surface area contributed by atoms with Crippen LogP contribution >= 0.6 is 0 Å². The summed E-state index contributed by atoms with van der Waals surface area (Å²) >= 11 is 0. The van der Waals surface area contributed by atoms with Gasteiger partial charge in [-0.3, -0.25) is 0 Å². The van der Waals surface area contributed by atoms with Crippen LogP contribution in [0.4, 0.5) is 4.39 Å². The Kier molecular flexibility index (Phi) is 5.08. The first kappa shape index (κ1) is 15.2. The predicted molar refractivity (Wildman–Crippen MR) is 82.2 cm³/mol. The Bertz CT molecular complexity index is 641. The minimum absolute atomic E-state index is 0.0919. The average molecular weight is 282 g/mol. The molecule has 2 aromatic carbocycles. The molecule has 1 unspecified atom stereocenters. The second-order valence-electron chi connectivity index (χ2n) is 5.09. The van der Waals surface area contributed by atoms with Crippen LogP contribution in [-0.4, -0.2) is 0 Å². The number of benzene rings is 2. The molecular formula is C18H19FN2. The number of hydrogen-bond donors (Lipinski definition) is 1. The molecule has 0 aromatic heterocycles. The summed E-state index contributed by atoms with van der Waals surface area (Å²) in [5, 5.41) is 12.1. The van der Waals surface area contributed by atoms with Crippen molar-refractivity contribution in [1.82, 2.24) is 5.32 Å². The molecule has 108 valence electrons. The van der Waals surface area contributed by atoms with Crippen LogP contribution in [0.15, 0.2) is 42.5 Å². The maximum atomic E-state index is 14.0. The molecule has 1 N–H and O–H groups in total. The number of nitrogens with zero attached hydrogens (tertiary/aromatic N) is 1. The first-order valence-corrected chi connectivity index (χ1v) is 7.15. The molecule has 0 amide bonds. The number of aryl methyl sites for hydroxylation is 1. The SMILES string of the molecule is CCc1ccc(C(C)NCc2cccc(C#N)c2F)cc1. The Morgan fingerprint density at radius 2 is 1.90 bits per heavy atom. The summed E-state index contributed by atoms with van der Waals surface area (Å²) in [5.74, 6) is -0.430. The van der Waals surface area contributed by atoms with Crippen molar-refractivity contribution in [2.75, 3.05) is 0 Å². The Balaban J connectivity index is 2.04. The second kappa shape index (κ2) is 7.01. The Labute approximate surface area is 125 Å². The second-order valence-corrected chi connectivity index (χ2v) is 5.09. The highest BCUT2D eigenvalue weighted by molar-refractivity contribution is 5.35. The molecule has 0 aliphatic rings. The molecule has 2 rings (SSSR count). The standard InChI is InChI=1S/C18H19FN2/c1-3-14-7-9-15(10-8-14)13(2)21-12-17-6-4-5-16(11-20)18(17)19/h4-10,13,21H,3,12H2,1-2H3. The molecule has 3 heteroatoms. The maximum Gasteiger partial charge on any atom is 0.145 e. The van der Waals surface area contributed by atoms with Crippen LogP contribution in [0, 0.1) is 17.1 Å². The molecular weight excluding hydrogens is 263 g/mol. The van der Waals surface area contributed by atoms with Crippen molar-refractivity contribution in [3.63, 3.8) is 0 Å². The average Bonchev–Trinajstić information content (AvgIpc) is 2.53. The quantitative estimate of drug-likeness (QED) is 0.895. The van der Waals surface area contributed by atoms with Gasteiger partial charge in [-0.05, 0) is 30.5 Å². The van der Waals surface area contributed by atoms with Gasteiger partial charge in [0, 0.05) is 18.2 Å². The molecule has 0 fully saturated rings. The van der Waals surface area contributed by atoms with E-state index in [9.17, 15) is 4.39 Å². The van der Waals surface area contributed by atoms with Crippen LogP contribution in [0.1, 0.15) is 42.1 Å². The van der Waals surface area contributed by atoms with E-state index in [1.54, 1.807) is 12.1 Å². The minimum Gasteiger partial charge on any atom is -0.306 e. The maximum absolute atomic E-state index is 14.0. The molecule has 1 atom stereocenters. The van der Waals surface area contributed by atoms with E-state index >= 15 is 0 Å².